The first kappa shape index (κ1) is 8.35. The molecule has 1 amide bonds. The molecule has 1 rings (SSSR count). The van der Waals surface area contributed by atoms with Gasteiger partial charge in [0.05, 0.1) is 6.42 Å². The molecular formula is C10H9NO. The molecule has 2 heteroatoms. The highest BCUT2D eigenvalue weighted by molar-refractivity contribution is 5.77. The number of benzene rings is 1. The lowest BCUT2D eigenvalue weighted by molar-refractivity contribution is -0.117. The predicted molar refractivity (Wildman–Crippen MR) is 47.3 cm³/mol. The predicted octanol–water partition coefficient (Wildman–Crippen LogP) is 0.696. The second kappa shape index (κ2) is 3.59. The molecule has 0 aliphatic heterocycles. The maximum Gasteiger partial charge on any atom is 0.221 e. The number of hydrogen-bond donors (Lipinski definition) is 1. The van der Waals surface area contributed by atoms with Crippen LogP contribution in [0.4, 0.5) is 0 Å². The van der Waals surface area contributed by atoms with Crippen LogP contribution in [0.1, 0.15) is 11.1 Å². The molecule has 1 aromatic rings. The summed E-state index contributed by atoms with van der Waals surface area (Å²) in [6.45, 7) is 0. The fourth-order valence-electron chi connectivity index (χ4n) is 1.00. The van der Waals surface area contributed by atoms with E-state index in [9.17, 15) is 4.79 Å². The molecule has 0 radical (unpaired) electrons. The molecule has 12 heavy (non-hydrogen) atoms. The van der Waals surface area contributed by atoms with Gasteiger partial charge in [-0.05, 0) is 11.6 Å². The summed E-state index contributed by atoms with van der Waals surface area (Å²) in [7, 11) is 0. The zero-order chi connectivity index (χ0) is 8.97. The van der Waals surface area contributed by atoms with Gasteiger partial charge in [-0.15, -0.1) is 6.42 Å². The van der Waals surface area contributed by atoms with Crippen molar-refractivity contribution in [1.29, 1.82) is 0 Å². The third kappa shape index (κ3) is 1.86. The maximum absolute atomic E-state index is 10.6. The van der Waals surface area contributed by atoms with Gasteiger partial charge in [0.15, 0.2) is 0 Å². The molecule has 0 aliphatic rings. The van der Waals surface area contributed by atoms with Crippen molar-refractivity contribution in [3.05, 3.63) is 35.4 Å². The third-order valence-corrected chi connectivity index (χ3v) is 1.54. The van der Waals surface area contributed by atoms with Gasteiger partial charge in [-0.2, -0.15) is 0 Å². The van der Waals surface area contributed by atoms with Gasteiger partial charge in [0.1, 0.15) is 0 Å². The molecule has 0 saturated heterocycles. The van der Waals surface area contributed by atoms with Gasteiger partial charge in [0.25, 0.3) is 0 Å². The second-order valence-electron chi connectivity index (χ2n) is 2.44. The van der Waals surface area contributed by atoms with Gasteiger partial charge in [0, 0.05) is 5.56 Å². The van der Waals surface area contributed by atoms with Crippen molar-refractivity contribution in [1.82, 2.24) is 0 Å². The van der Waals surface area contributed by atoms with Gasteiger partial charge in [-0.25, -0.2) is 0 Å². The first-order valence-corrected chi connectivity index (χ1v) is 3.57. The minimum atomic E-state index is -0.363. The number of amides is 1. The number of hydrogen-bond acceptors (Lipinski definition) is 1. The number of rotatable bonds is 2. The average molecular weight is 159 g/mol. The summed E-state index contributed by atoms with van der Waals surface area (Å²) in [4.78, 5) is 10.6. The maximum atomic E-state index is 10.6. The van der Waals surface area contributed by atoms with Crippen molar-refractivity contribution < 1.29 is 4.79 Å². The topological polar surface area (TPSA) is 43.1 Å². The van der Waals surface area contributed by atoms with Gasteiger partial charge < -0.3 is 5.73 Å². The lowest BCUT2D eigenvalue weighted by Crippen LogP contribution is -2.14. The van der Waals surface area contributed by atoms with Crippen LogP contribution in [0.15, 0.2) is 24.3 Å². The van der Waals surface area contributed by atoms with Crippen LogP contribution in [0.2, 0.25) is 0 Å². The molecular weight excluding hydrogens is 150 g/mol. The SMILES string of the molecule is C#Cc1ccccc1CC(N)=O. The summed E-state index contributed by atoms with van der Waals surface area (Å²) in [6, 6.07) is 7.26. The molecule has 0 unspecified atom stereocenters. The van der Waals surface area contributed by atoms with E-state index in [0.717, 1.165) is 11.1 Å². The molecule has 2 N–H and O–H groups in total. The monoisotopic (exact) mass is 159 g/mol. The summed E-state index contributed by atoms with van der Waals surface area (Å²) < 4.78 is 0. The smallest absolute Gasteiger partial charge is 0.221 e. The van der Waals surface area contributed by atoms with E-state index < -0.39 is 0 Å². The van der Waals surface area contributed by atoms with E-state index >= 15 is 0 Å². The second-order valence-corrected chi connectivity index (χ2v) is 2.44. The molecule has 0 aliphatic carbocycles. The van der Waals surface area contributed by atoms with Crippen molar-refractivity contribution in [3.63, 3.8) is 0 Å². The van der Waals surface area contributed by atoms with Crippen molar-refractivity contribution in [2.75, 3.05) is 0 Å². The Morgan fingerprint density at radius 2 is 2.17 bits per heavy atom. The zero-order valence-corrected chi connectivity index (χ0v) is 6.58. The van der Waals surface area contributed by atoms with Crippen LogP contribution in [-0.4, -0.2) is 5.91 Å². The van der Waals surface area contributed by atoms with Crippen molar-refractivity contribution in [2.45, 2.75) is 6.42 Å². The lowest BCUT2D eigenvalue weighted by Gasteiger charge is -1.99. The van der Waals surface area contributed by atoms with E-state index in [4.69, 9.17) is 12.2 Å². The van der Waals surface area contributed by atoms with Crippen LogP contribution >= 0.6 is 0 Å². The number of nitrogens with two attached hydrogens (primary N) is 1. The van der Waals surface area contributed by atoms with Crippen LogP contribution in [-0.2, 0) is 11.2 Å². The number of carbonyl (C=O) groups excluding carboxylic acids is 1. The molecule has 0 saturated carbocycles. The Hall–Kier alpha value is -1.75. The van der Waals surface area contributed by atoms with Crippen molar-refractivity contribution in [3.8, 4) is 12.3 Å². The molecule has 0 bridgehead atoms. The molecule has 0 atom stereocenters. The normalized spacial score (nSPS) is 8.92. The lowest BCUT2D eigenvalue weighted by atomic mass is 10.1. The van der Waals surface area contributed by atoms with Gasteiger partial charge in [0.2, 0.25) is 5.91 Å². The van der Waals surface area contributed by atoms with Crippen molar-refractivity contribution in [2.24, 2.45) is 5.73 Å². The van der Waals surface area contributed by atoms with E-state index in [1.807, 2.05) is 12.1 Å². The summed E-state index contributed by atoms with van der Waals surface area (Å²) in [5.74, 6) is 2.13. The molecule has 0 spiro atoms. The number of terminal acetylenes is 1. The Kier molecular flexibility index (Phi) is 2.49. The fraction of sp³-hybridized carbons (Fsp3) is 0.100. The van der Waals surface area contributed by atoms with Gasteiger partial charge in [-0.3, -0.25) is 4.79 Å². The summed E-state index contributed by atoms with van der Waals surface area (Å²) in [5, 5.41) is 0. The Morgan fingerprint density at radius 1 is 1.50 bits per heavy atom. The average Bonchev–Trinajstić information content (AvgIpc) is 2.04. The van der Waals surface area contributed by atoms with E-state index in [0.29, 0.717) is 0 Å². The highest BCUT2D eigenvalue weighted by Gasteiger charge is 2.01. The summed E-state index contributed by atoms with van der Waals surface area (Å²) in [5.41, 5.74) is 6.59. The van der Waals surface area contributed by atoms with Gasteiger partial charge in [-0.1, -0.05) is 24.1 Å². The van der Waals surface area contributed by atoms with Crippen molar-refractivity contribution >= 4 is 5.91 Å². The number of primary amides is 1. The number of carbonyl (C=O) groups is 1. The first-order chi connectivity index (χ1) is 5.74. The van der Waals surface area contributed by atoms with E-state index in [1.54, 1.807) is 12.1 Å². The Morgan fingerprint density at radius 3 is 2.75 bits per heavy atom. The molecule has 2 nitrogen and oxygen atoms in total. The molecule has 0 aromatic heterocycles. The zero-order valence-electron chi connectivity index (χ0n) is 6.58. The molecule has 0 heterocycles. The summed E-state index contributed by atoms with van der Waals surface area (Å²) in [6.07, 6.45) is 5.43. The van der Waals surface area contributed by atoms with Crippen LogP contribution in [0, 0.1) is 12.3 Å². The Bertz CT molecular complexity index is 336. The highest BCUT2D eigenvalue weighted by atomic mass is 16.1. The third-order valence-electron chi connectivity index (χ3n) is 1.54. The molecule has 0 fully saturated rings. The minimum Gasteiger partial charge on any atom is -0.369 e. The minimum absolute atomic E-state index is 0.209. The van der Waals surface area contributed by atoms with E-state index in [2.05, 4.69) is 5.92 Å². The van der Waals surface area contributed by atoms with Crippen LogP contribution in [0.5, 0.6) is 0 Å². The van der Waals surface area contributed by atoms with E-state index in [1.165, 1.54) is 0 Å². The Balaban J connectivity index is 2.99. The quantitative estimate of drug-likeness (QED) is 0.634. The highest BCUT2D eigenvalue weighted by Crippen LogP contribution is 2.06. The first-order valence-electron chi connectivity index (χ1n) is 3.57. The summed E-state index contributed by atoms with van der Waals surface area (Å²) >= 11 is 0. The molecule has 1 aromatic carbocycles. The van der Waals surface area contributed by atoms with Gasteiger partial charge >= 0.3 is 0 Å². The van der Waals surface area contributed by atoms with Crippen LogP contribution in [0.25, 0.3) is 0 Å². The van der Waals surface area contributed by atoms with Crippen LogP contribution in [0.3, 0.4) is 0 Å². The van der Waals surface area contributed by atoms with Crippen LogP contribution < -0.4 is 5.73 Å². The standard InChI is InChI=1S/C10H9NO/c1-2-8-5-3-4-6-9(8)7-10(11)12/h1,3-6H,7H2,(H2,11,12). The Labute approximate surface area is 71.4 Å². The fourth-order valence-corrected chi connectivity index (χ4v) is 1.00. The molecule has 60 valence electrons. The van der Waals surface area contributed by atoms with E-state index in [-0.39, 0.29) is 12.3 Å². The largest absolute Gasteiger partial charge is 0.369 e.